The molecule has 1 aliphatic rings. The van der Waals surface area contributed by atoms with Crippen LogP contribution in [0, 0.1) is 17.3 Å². The van der Waals surface area contributed by atoms with Crippen molar-refractivity contribution >= 4 is 25.0 Å². The van der Waals surface area contributed by atoms with Crippen molar-refractivity contribution in [3.05, 3.63) is 12.7 Å². The van der Waals surface area contributed by atoms with Crippen LogP contribution in [0.3, 0.4) is 0 Å². The third-order valence-corrected chi connectivity index (χ3v) is 26.2. The molecular formula is C38H80O6Si3. The Kier molecular flexibility index (Phi) is 18.9. The summed E-state index contributed by atoms with van der Waals surface area (Å²) in [5.41, 5.74) is -0.284. The van der Waals surface area contributed by atoms with Gasteiger partial charge in [0.15, 0.2) is 30.7 Å². The molecule has 1 heterocycles. The third-order valence-electron chi connectivity index (χ3n) is 12.4. The minimum atomic E-state index is -2.09. The number of hydrogen-bond donors (Lipinski definition) is 0. The van der Waals surface area contributed by atoms with E-state index < -0.39 is 30.7 Å². The fourth-order valence-electron chi connectivity index (χ4n) is 7.76. The van der Waals surface area contributed by atoms with E-state index >= 15 is 0 Å². The molecule has 0 aromatic rings. The van der Waals surface area contributed by atoms with Gasteiger partial charge in [0, 0.05) is 37.4 Å². The van der Waals surface area contributed by atoms with E-state index in [1.54, 1.807) is 0 Å². The zero-order valence-corrected chi connectivity index (χ0v) is 37.1. The molecule has 0 N–H and O–H groups in total. The largest absolute Gasteiger partial charge is 0.416 e. The number of ether oxygens (including phenoxy) is 3. The topological polar surface area (TPSA) is 55.4 Å². The molecule has 7 atom stereocenters. The van der Waals surface area contributed by atoms with Crippen LogP contribution < -0.4 is 0 Å². The highest BCUT2D eigenvalue weighted by Crippen LogP contribution is 2.42. The molecule has 1 rings (SSSR count). The fraction of sp³-hybridized carbons (Fsp3) is 0.947. The average Bonchev–Trinajstić information content (AvgIpc) is 3.07. The molecule has 0 spiro atoms. The molecule has 47 heavy (non-hydrogen) atoms. The molecular weight excluding hydrogens is 637 g/mol. The lowest BCUT2D eigenvalue weighted by molar-refractivity contribution is -0.328. The van der Waals surface area contributed by atoms with Gasteiger partial charge in [-0.1, -0.05) is 96.1 Å². The standard InChI is InChI=1S/C38H80O6Si3/c1-18-30(11)34-31(12)32(41-38(15,16)42-34)28-33(39-17)35(43-46(22-5,23-6)24-7)36(44-47(25-8,26-9)27-10)37(13,14)29-40-45(19-2,20-3)21-4/h18,30-36H,1,19-29H2,2-17H3/t30-,31+,32+,33+,34-,35-,36+/m1/s1. The van der Waals surface area contributed by atoms with E-state index in [0.29, 0.717) is 13.0 Å². The van der Waals surface area contributed by atoms with Crippen molar-refractivity contribution in [1.29, 1.82) is 0 Å². The normalized spacial score (nSPS) is 23.7. The Balaban J connectivity index is 3.89. The Morgan fingerprint density at radius 1 is 0.766 bits per heavy atom. The van der Waals surface area contributed by atoms with Gasteiger partial charge in [0.1, 0.15) is 0 Å². The highest BCUT2D eigenvalue weighted by molar-refractivity contribution is 6.74. The van der Waals surface area contributed by atoms with Gasteiger partial charge in [-0.25, -0.2) is 0 Å². The van der Waals surface area contributed by atoms with E-state index in [0.717, 1.165) is 54.4 Å². The summed E-state index contributed by atoms with van der Waals surface area (Å²) < 4.78 is 42.3. The van der Waals surface area contributed by atoms with E-state index in [-0.39, 0.29) is 47.8 Å². The van der Waals surface area contributed by atoms with Crippen molar-refractivity contribution in [3.8, 4) is 0 Å². The highest BCUT2D eigenvalue weighted by Gasteiger charge is 2.51. The summed E-state index contributed by atoms with van der Waals surface area (Å²) in [5, 5.41) is 0. The highest BCUT2D eigenvalue weighted by atomic mass is 28.4. The summed E-state index contributed by atoms with van der Waals surface area (Å²) in [6, 6.07) is 9.88. The zero-order chi connectivity index (χ0) is 36.3. The van der Waals surface area contributed by atoms with E-state index in [1.165, 1.54) is 0 Å². The second-order valence-electron chi connectivity index (χ2n) is 15.7. The van der Waals surface area contributed by atoms with Crippen molar-refractivity contribution < 1.29 is 27.5 Å². The molecule has 0 aromatic carbocycles. The van der Waals surface area contributed by atoms with Crippen molar-refractivity contribution in [2.75, 3.05) is 13.7 Å². The first kappa shape index (κ1) is 45.2. The summed E-state index contributed by atoms with van der Waals surface area (Å²) in [6.07, 6.45) is 2.06. The summed E-state index contributed by atoms with van der Waals surface area (Å²) in [5.74, 6) is -0.327. The van der Waals surface area contributed by atoms with Gasteiger partial charge in [0.05, 0.1) is 30.5 Å². The molecule has 0 aromatic heterocycles. The van der Waals surface area contributed by atoms with Crippen molar-refractivity contribution in [1.82, 2.24) is 0 Å². The van der Waals surface area contributed by atoms with Gasteiger partial charge in [0.25, 0.3) is 0 Å². The summed E-state index contributed by atoms with van der Waals surface area (Å²) in [4.78, 5) is 0. The van der Waals surface area contributed by atoms with E-state index in [1.807, 2.05) is 27.0 Å². The average molecular weight is 717 g/mol. The quantitative estimate of drug-likeness (QED) is 0.0732. The van der Waals surface area contributed by atoms with Crippen LogP contribution in [-0.4, -0.2) is 75.0 Å². The summed E-state index contributed by atoms with van der Waals surface area (Å²) >= 11 is 0. The monoisotopic (exact) mass is 717 g/mol. The molecule has 1 fully saturated rings. The van der Waals surface area contributed by atoms with Crippen molar-refractivity contribution in [2.45, 2.75) is 201 Å². The van der Waals surface area contributed by atoms with Gasteiger partial charge in [-0.2, -0.15) is 0 Å². The van der Waals surface area contributed by atoms with Crippen LogP contribution in [0.15, 0.2) is 12.7 Å². The Hall–Kier alpha value is 0.151. The molecule has 0 bridgehead atoms. The van der Waals surface area contributed by atoms with Crippen LogP contribution in [0.5, 0.6) is 0 Å². The molecule has 0 saturated carbocycles. The number of hydrogen-bond acceptors (Lipinski definition) is 6. The van der Waals surface area contributed by atoms with E-state index in [2.05, 4.69) is 96.6 Å². The fourth-order valence-corrected chi connectivity index (χ4v) is 16.4. The molecule has 9 heteroatoms. The predicted molar refractivity (Wildman–Crippen MR) is 209 cm³/mol. The molecule has 0 aliphatic carbocycles. The van der Waals surface area contributed by atoms with Gasteiger partial charge < -0.3 is 27.5 Å². The maximum atomic E-state index is 7.69. The van der Waals surface area contributed by atoms with Crippen molar-refractivity contribution in [3.63, 3.8) is 0 Å². The van der Waals surface area contributed by atoms with Crippen molar-refractivity contribution in [2.24, 2.45) is 17.3 Å². The summed E-state index contributed by atoms with van der Waals surface area (Å²) in [7, 11) is -4.12. The summed E-state index contributed by atoms with van der Waals surface area (Å²) in [6.45, 7) is 38.9. The van der Waals surface area contributed by atoms with Crippen LogP contribution in [0.25, 0.3) is 0 Å². The Bertz CT molecular complexity index is 862. The first-order valence-electron chi connectivity index (χ1n) is 19.5. The molecule has 1 saturated heterocycles. The second kappa shape index (κ2) is 19.7. The molecule has 1 aliphatic heterocycles. The lowest BCUT2D eigenvalue weighted by Crippen LogP contribution is -2.61. The Morgan fingerprint density at radius 2 is 1.21 bits per heavy atom. The zero-order valence-electron chi connectivity index (χ0n) is 34.1. The maximum Gasteiger partial charge on any atom is 0.192 e. The van der Waals surface area contributed by atoms with Gasteiger partial charge in [0.2, 0.25) is 0 Å². The molecule has 280 valence electrons. The molecule has 0 amide bonds. The Labute approximate surface area is 296 Å². The van der Waals surface area contributed by atoms with Crippen LogP contribution in [0.2, 0.25) is 54.4 Å². The SMILES string of the molecule is C=C[C@@H](C)[C@H]1OC(C)(C)O[C@@H](C[C@H](OC)[C@@H](O[Si](CC)(CC)CC)[C@H](O[Si](CC)(CC)CC)C(C)(C)CO[Si](CC)(CC)CC)[C@@H]1C. The van der Waals surface area contributed by atoms with Crippen LogP contribution >= 0.6 is 0 Å². The number of methoxy groups -OCH3 is 1. The predicted octanol–water partition coefficient (Wildman–Crippen LogP) is 11.2. The van der Waals surface area contributed by atoms with Gasteiger partial charge >= 0.3 is 0 Å². The molecule has 0 radical (unpaired) electrons. The first-order valence-corrected chi connectivity index (χ1v) is 27.1. The van der Waals surface area contributed by atoms with Crippen LogP contribution in [0.4, 0.5) is 0 Å². The van der Waals surface area contributed by atoms with Crippen LogP contribution in [0.1, 0.15) is 110 Å². The van der Waals surface area contributed by atoms with Crippen LogP contribution in [-0.2, 0) is 27.5 Å². The second-order valence-corrected chi connectivity index (χ2v) is 30.0. The minimum absolute atomic E-state index is 0.0148. The Morgan fingerprint density at radius 3 is 1.62 bits per heavy atom. The van der Waals surface area contributed by atoms with Gasteiger partial charge in [-0.05, 0) is 68.2 Å². The minimum Gasteiger partial charge on any atom is -0.416 e. The lowest BCUT2D eigenvalue weighted by Gasteiger charge is -2.51. The third kappa shape index (κ3) is 11.6. The molecule has 0 unspecified atom stereocenters. The number of rotatable bonds is 24. The smallest absolute Gasteiger partial charge is 0.192 e. The van der Waals surface area contributed by atoms with E-state index in [9.17, 15) is 0 Å². The maximum absolute atomic E-state index is 7.69. The van der Waals surface area contributed by atoms with Gasteiger partial charge in [-0.3, -0.25) is 0 Å². The lowest BCUT2D eigenvalue weighted by atomic mass is 9.80. The van der Waals surface area contributed by atoms with E-state index in [4.69, 9.17) is 27.5 Å². The molecule has 6 nitrogen and oxygen atoms in total. The van der Waals surface area contributed by atoms with Gasteiger partial charge in [-0.15, -0.1) is 6.58 Å². The first-order chi connectivity index (χ1) is 22.0.